The lowest BCUT2D eigenvalue weighted by Crippen LogP contribution is -2.62. The third-order valence-electron chi connectivity index (χ3n) is 5.33. The van der Waals surface area contributed by atoms with E-state index < -0.39 is 0 Å². The molecule has 1 amide bonds. The van der Waals surface area contributed by atoms with Crippen molar-refractivity contribution in [1.29, 1.82) is 0 Å². The van der Waals surface area contributed by atoms with Crippen LogP contribution in [0.2, 0.25) is 0 Å². The molecule has 1 aromatic rings. The van der Waals surface area contributed by atoms with Gasteiger partial charge in [-0.3, -0.25) is 4.79 Å². The zero-order chi connectivity index (χ0) is 17.1. The third-order valence-corrected chi connectivity index (χ3v) is 5.33. The summed E-state index contributed by atoms with van der Waals surface area (Å²) in [5.41, 5.74) is 2.23. The molecule has 2 fully saturated rings. The lowest BCUT2D eigenvalue weighted by molar-refractivity contribution is -0.129. The Kier molecular flexibility index (Phi) is 5.41. The monoisotopic (exact) mass is 333 g/mol. The molecule has 1 aromatic carbocycles. The highest BCUT2D eigenvalue weighted by Crippen LogP contribution is 2.43. The molecule has 5 heteroatoms. The lowest BCUT2D eigenvalue weighted by Gasteiger charge is -2.47. The smallest absolute Gasteiger partial charge is 0.220 e. The van der Waals surface area contributed by atoms with Crippen LogP contribution >= 0.6 is 0 Å². The van der Waals surface area contributed by atoms with E-state index in [1.54, 1.807) is 14.2 Å². The van der Waals surface area contributed by atoms with E-state index in [1.165, 1.54) is 0 Å². The van der Waals surface area contributed by atoms with Gasteiger partial charge in [0.25, 0.3) is 0 Å². The molecule has 4 atom stereocenters. The van der Waals surface area contributed by atoms with Gasteiger partial charge in [-0.1, -0.05) is 12.1 Å². The zero-order valence-electron chi connectivity index (χ0n) is 14.7. The van der Waals surface area contributed by atoms with Crippen LogP contribution in [0.25, 0.3) is 0 Å². The number of amides is 1. The van der Waals surface area contributed by atoms with Gasteiger partial charge in [-0.15, -0.1) is 0 Å². The van der Waals surface area contributed by atoms with Crippen molar-refractivity contribution < 1.29 is 19.0 Å². The number of aryl methyl sites for hydroxylation is 2. The summed E-state index contributed by atoms with van der Waals surface area (Å²) in [5, 5.41) is 3.20. The molecule has 24 heavy (non-hydrogen) atoms. The molecular weight excluding hydrogens is 306 g/mol. The van der Waals surface area contributed by atoms with Crippen molar-refractivity contribution in [2.24, 2.45) is 11.8 Å². The summed E-state index contributed by atoms with van der Waals surface area (Å²) in [7, 11) is 3.37. The Balaban J connectivity index is 1.52. The van der Waals surface area contributed by atoms with Crippen LogP contribution in [0.1, 0.15) is 24.0 Å². The first-order valence-electron chi connectivity index (χ1n) is 8.67. The molecule has 0 radical (unpaired) electrons. The van der Waals surface area contributed by atoms with Gasteiger partial charge >= 0.3 is 0 Å². The van der Waals surface area contributed by atoms with Crippen LogP contribution in [-0.2, 0) is 20.7 Å². The maximum atomic E-state index is 12.4. The highest BCUT2D eigenvalue weighted by atomic mass is 16.5. The number of rotatable bonds is 7. The number of benzene rings is 1. The van der Waals surface area contributed by atoms with E-state index in [2.05, 4.69) is 11.4 Å². The number of hydrogen-bond donors (Lipinski definition) is 1. The van der Waals surface area contributed by atoms with Crippen molar-refractivity contribution in [3.05, 3.63) is 29.3 Å². The van der Waals surface area contributed by atoms with Gasteiger partial charge in [0.05, 0.1) is 19.8 Å². The molecule has 0 bridgehead atoms. The topological polar surface area (TPSA) is 56.8 Å². The van der Waals surface area contributed by atoms with Crippen LogP contribution in [-0.4, -0.2) is 45.5 Å². The van der Waals surface area contributed by atoms with Gasteiger partial charge in [-0.2, -0.15) is 0 Å². The molecule has 1 N–H and O–H groups in total. The van der Waals surface area contributed by atoms with Gasteiger partial charge in [-0.25, -0.2) is 0 Å². The van der Waals surface area contributed by atoms with Crippen LogP contribution in [0.4, 0.5) is 0 Å². The maximum Gasteiger partial charge on any atom is 0.220 e. The average molecular weight is 333 g/mol. The summed E-state index contributed by atoms with van der Waals surface area (Å²) in [4.78, 5) is 12.4. The van der Waals surface area contributed by atoms with Crippen molar-refractivity contribution >= 4 is 5.91 Å². The van der Waals surface area contributed by atoms with E-state index >= 15 is 0 Å². The fourth-order valence-electron chi connectivity index (χ4n) is 3.97. The van der Waals surface area contributed by atoms with Gasteiger partial charge in [0.2, 0.25) is 5.91 Å². The Morgan fingerprint density at radius 3 is 2.96 bits per heavy atom. The lowest BCUT2D eigenvalue weighted by atomic mass is 9.67. The van der Waals surface area contributed by atoms with Gasteiger partial charge < -0.3 is 19.5 Å². The molecule has 1 heterocycles. The van der Waals surface area contributed by atoms with E-state index in [0.717, 1.165) is 29.9 Å². The van der Waals surface area contributed by atoms with E-state index in [4.69, 9.17) is 14.2 Å². The molecule has 5 nitrogen and oxygen atoms in total. The quantitative estimate of drug-likeness (QED) is 0.830. The van der Waals surface area contributed by atoms with Crippen LogP contribution in [0.3, 0.4) is 0 Å². The Morgan fingerprint density at radius 1 is 1.38 bits per heavy atom. The summed E-state index contributed by atoms with van der Waals surface area (Å²) < 4.78 is 16.4. The Bertz CT molecular complexity index is 589. The normalized spacial score (nSPS) is 28.1. The van der Waals surface area contributed by atoms with Crippen molar-refractivity contribution in [3.8, 4) is 5.75 Å². The number of methoxy groups -OCH3 is 2. The molecule has 1 saturated carbocycles. The van der Waals surface area contributed by atoms with Gasteiger partial charge in [-0.05, 0) is 37.0 Å². The van der Waals surface area contributed by atoms with Crippen molar-refractivity contribution in [2.75, 3.05) is 27.4 Å². The largest absolute Gasteiger partial charge is 0.496 e. The van der Waals surface area contributed by atoms with Crippen molar-refractivity contribution in [3.63, 3.8) is 0 Å². The molecule has 0 unspecified atom stereocenters. The first kappa shape index (κ1) is 17.2. The molecule has 132 valence electrons. The average Bonchev–Trinajstić information content (AvgIpc) is 3.01. The summed E-state index contributed by atoms with van der Waals surface area (Å²) >= 11 is 0. The SMILES string of the molecule is COC[C@@H]1[C@@H](NC(=O)CCc2ccc(C)c(OC)c2)[C@@H]2CCO[C@H]12. The van der Waals surface area contributed by atoms with E-state index in [1.807, 2.05) is 19.1 Å². The molecule has 2 aliphatic rings. The Labute approximate surface area is 143 Å². The predicted octanol–water partition coefficient (Wildman–Crippen LogP) is 2.10. The summed E-state index contributed by atoms with van der Waals surface area (Å²) in [5.74, 6) is 1.71. The minimum atomic E-state index is 0.103. The molecular formula is C19H27NO4. The number of carbonyl (C=O) groups is 1. The van der Waals surface area contributed by atoms with Crippen LogP contribution in [0.15, 0.2) is 18.2 Å². The summed E-state index contributed by atoms with van der Waals surface area (Å²) in [6.45, 7) is 3.45. The van der Waals surface area contributed by atoms with Crippen molar-refractivity contribution in [2.45, 2.75) is 38.3 Å². The second-order valence-electron chi connectivity index (χ2n) is 6.80. The standard InChI is InChI=1S/C19H27NO4/c1-12-4-5-13(10-16(12)23-3)6-7-17(21)20-18-14-8-9-24-19(14)15(18)11-22-2/h4-5,10,14-15,18-19H,6-9,11H2,1-3H3,(H,20,21)/t14-,15+,18-,19-/m0/s1. The van der Waals surface area contributed by atoms with E-state index in [0.29, 0.717) is 25.4 Å². The fourth-order valence-corrected chi connectivity index (χ4v) is 3.97. The number of fused-ring (bicyclic) bond motifs is 1. The fraction of sp³-hybridized carbons (Fsp3) is 0.632. The van der Waals surface area contributed by atoms with E-state index in [-0.39, 0.29) is 24.0 Å². The Morgan fingerprint density at radius 2 is 2.21 bits per heavy atom. The van der Waals surface area contributed by atoms with Gasteiger partial charge in [0.1, 0.15) is 5.75 Å². The predicted molar refractivity (Wildman–Crippen MR) is 91.2 cm³/mol. The number of carbonyl (C=O) groups excluding carboxylic acids is 1. The summed E-state index contributed by atoms with van der Waals surface area (Å²) in [6.07, 6.45) is 2.50. The number of nitrogens with one attached hydrogen (secondary N) is 1. The molecule has 0 aromatic heterocycles. The molecule has 3 rings (SSSR count). The van der Waals surface area contributed by atoms with Crippen molar-refractivity contribution in [1.82, 2.24) is 5.32 Å². The van der Waals surface area contributed by atoms with Crippen LogP contribution in [0.5, 0.6) is 5.75 Å². The highest BCUT2D eigenvalue weighted by molar-refractivity contribution is 5.76. The Hall–Kier alpha value is -1.59. The molecule has 0 spiro atoms. The first-order chi connectivity index (χ1) is 11.6. The van der Waals surface area contributed by atoms with E-state index in [9.17, 15) is 4.79 Å². The zero-order valence-corrected chi connectivity index (χ0v) is 14.7. The molecule has 1 saturated heterocycles. The second-order valence-corrected chi connectivity index (χ2v) is 6.80. The first-order valence-corrected chi connectivity index (χ1v) is 8.67. The van der Waals surface area contributed by atoms with Crippen LogP contribution < -0.4 is 10.1 Å². The minimum absolute atomic E-state index is 0.103. The highest BCUT2D eigenvalue weighted by Gasteiger charge is 2.54. The molecule has 1 aliphatic carbocycles. The molecule has 1 aliphatic heterocycles. The van der Waals surface area contributed by atoms with Gasteiger partial charge in [0, 0.05) is 38.0 Å². The third kappa shape index (κ3) is 3.42. The minimum Gasteiger partial charge on any atom is -0.496 e. The number of ether oxygens (including phenoxy) is 3. The number of hydrogen-bond acceptors (Lipinski definition) is 4. The second kappa shape index (κ2) is 7.53. The van der Waals surface area contributed by atoms with Crippen LogP contribution in [0, 0.1) is 18.8 Å². The maximum absolute atomic E-state index is 12.4. The summed E-state index contributed by atoms with van der Waals surface area (Å²) in [6, 6.07) is 6.30. The van der Waals surface area contributed by atoms with Gasteiger partial charge in [0.15, 0.2) is 0 Å².